The monoisotopic (exact) mass is 461 g/mol. The van der Waals surface area contributed by atoms with Gasteiger partial charge in [-0.3, -0.25) is 0 Å². The van der Waals surface area contributed by atoms with Gasteiger partial charge >= 0.3 is 0 Å². The summed E-state index contributed by atoms with van der Waals surface area (Å²) in [7, 11) is 0. The molecule has 2 nitrogen and oxygen atoms in total. The fourth-order valence-corrected chi connectivity index (χ4v) is 4.00. The van der Waals surface area contributed by atoms with Crippen molar-refractivity contribution >= 4 is 61.2 Å². The summed E-state index contributed by atoms with van der Waals surface area (Å²) in [5, 5.41) is 0.738. The Balaban J connectivity index is 1.88. The van der Waals surface area contributed by atoms with Crippen molar-refractivity contribution in [2.24, 2.45) is 0 Å². The van der Waals surface area contributed by atoms with Crippen LogP contribution < -0.4 is 0 Å². The minimum Gasteiger partial charge on any atom is -0.441 e. The summed E-state index contributed by atoms with van der Waals surface area (Å²) in [5.41, 5.74) is 2.87. The van der Waals surface area contributed by atoms with E-state index in [0.717, 1.165) is 27.6 Å². The van der Waals surface area contributed by atoms with Crippen molar-refractivity contribution in [2.75, 3.05) is 0 Å². The van der Waals surface area contributed by atoms with E-state index >= 15 is 0 Å². The number of hydrogen-bond donors (Lipinski definition) is 0. The highest BCUT2D eigenvalue weighted by Crippen LogP contribution is 2.32. The summed E-state index contributed by atoms with van der Waals surface area (Å²) in [6.45, 7) is 0. The van der Waals surface area contributed by atoms with Gasteiger partial charge in [-0.05, 0) is 58.5 Å². The lowest BCUT2D eigenvalue weighted by molar-refractivity contribution is 0.527. The van der Waals surface area contributed by atoms with Crippen molar-refractivity contribution < 1.29 is 4.42 Å². The minimum absolute atomic E-state index is 0.126. The van der Waals surface area contributed by atoms with Gasteiger partial charge in [0.2, 0.25) is 0 Å². The van der Waals surface area contributed by atoms with E-state index in [9.17, 15) is 0 Å². The maximum Gasteiger partial charge on any atom is 0.196 e. The molecule has 0 radical (unpaired) electrons. The van der Waals surface area contributed by atoms with Crippen LogP contribution in [0.2, 0.25) is 5.02 Å². The molecule has 0 aliphatic carbocycles. The van der Waals surface area contributed by atoms with Crippen molar-refractivity contribution in [3.8, 4) is 0 Å². The molecule has 0 fully saturated rings. The van der Waals surface area contributed by atoms with E-state index in [2.05, 4.69) is 43.5 Å². The van der Waals surface area contributed by atoms with Gasteiger partial charge in [-0.1, -0.05) is 39.7 Å². The summed E-state index contributed by atoms with van der Waals surface area (Å²) in [6.07, 6.45) is 0.686. The fourth-order valence-electron chi connectivity index (χ4n) is 2.03. The Hall–Kier alpha value is -0.590. The molecule has 0 N–H and O–H groups in total. The third kappa shape index (κ3) is 3.02. The van der Waals surface area contributed by atoms with E-state index in [0.29, 0.717) is 6.42 Å². The van der Waals surface area contributed by atoms with E-state index in [1.54, 1.807) is 0 Å². The van der Waals surface area contributed by atoms with Crippen molar-refractivity contribution in [1.29, 1.82) is 0 Å². The van der Waals surface area contributed by atoms with Gasteiger partial charge in [0.15, 0.2) is 11.5 Å². The lowest BCUT2D eigenvalue weighted by Crippen LogP contribution is -1.98. The quantitative estimate of drug-likeness (QED) is 0.365. The topological polar surface area (TPSA) is 26.0 Å². The predicted octanol–water partition coefficient (Wildman–Crippen LogP) is 5.76. The van der Waals surface area contributed by atoms with Crippen LogP contribution in [0.5, 0.6) is 0 Å². The molecular formula is C15H10BrClINO. The molecule has 20 heavy (non-hydrogen) atoms. The Morgan fingerprint density at radius 1 is 1.25 bits per heavy atom. The van der Waals surface area contributed by atoms with E-state index < -0.39 is 0 Å². The molecule has 1 aromatic heterocycles. The number of alkyl halides is 1. The number of para-hydroxylation sites is 2. The zero-order chi connectivity index (χ0) is 14.1. The molecule has 102 valence electrons. The molecular weight excluding hydrogens is 452 g/mol. The van der Waals surface area contributed by atoms with E-state index in [1.807, 2.05) is 42.5 Å². The molecule has 0 aliphatic heterocycles. The second-order valence-electron chi connectivity index (χ2n) is 4.41. The number of fused-ring (bicyclic) bond motifs is 1. The lowest BCUT2D eigenvalue weighted by Gasteiger charge is -2.10. The van der Waals surface area contributed by atoms with Gasteiger partial charge in [-0.2, -0.15) is 0 Å². The Bertz CT molecular complexity index is 725. The first-order valence-electron chi connectivity index (χ1n) is 6.07. The van der Waals surface area contributed by atoms with Crippen LogP contribution in [0, 0.1) is 3.57 Å². The van der Waals surface area contributed by atoms with Gasteiger partial charge < -0.3 is 4.42 Å². The highest BCUT2D eigenvalue weighted by molar-refractivity contribution is 14.1. The standard InChI is InChI=1S/C15H10BrClINO/c16-11(10-7-9(17)5-6-12(10)18)8-15-19-13-3-1-2-4-14(13)20-15/h1-7,11H,8H2. The van der Waals surface area contributed by atoms with Gasteiger partial charge in [-0.25, -0.2) is 4.98 Å². The van der Waals surface area contributed by atoms with Gasteiger partial charge in [0.1, 0.15) is 5.52 Å². The number of hydrogen-bond acceptors (Lipinski definition) is 2. The summed E-state index contributed by atoms with van der Waals surface area (Å²) in [4.78, 5) is 4.62. The largest absolute Gasteiger partial charge is 0.441 e. The van der Waals surface area contributed by atoms with E-state index in [1.165, 1.54) is 3.57 Å². The van der Waals surface area contributed by atoms with Crippen LogP contribution >= 0.6 is 50.1 Å². The SMILES string of the molecule is Clc1ccc(I)c(C(Br)Cc2nc3ccccc3o2)c1. The molecule has 3 aromatic rings. The van der Waals surface area contributed by atoms with E-state index in [-0.39, 0.29) is 4.83 Å². The average Bonchev–Trinajstić information content (AvgIpc) is 2.83. The second kappa shape index (κ2) is 6.03. The van der Waals surface area contributed by atoms with Crippen molar-refractivity contribution in [2.45, 2.75) is 11.2 Å². The molecule has 3 rings (SSSR count). The zero-order valence-corrected chi connectivity index (χ0v) is 14.8. The maximum absolute atomic E-state index is 6.06. The molecule has 0 aliphatic rings. The highest BCUT2D eigenvalue weighted by Gasteiger charge is 2.16. The van der Waals surface area contributed by atoms with Crippen LogP contribution in [0.1, 0.15) is 16.3 Å². The summed E-state index contributed by atoms with van der Waals surface area (Å²) in [6, 6.07) is 13.7. The Labute approximate surface area is 143 Å². The number of aromatic nitrogens is 1. The molecule has 1 heterocycles. The van der Waals surface area contributed by atoms with Crippen LogP contribution in [-0.2, 0) is 6.42 Å². The normalized spacial score (nSPS) is 12.8. The molecule has 0 bridgehead atoms. The molecule has 2 aromatic carbocycles. The Morgan fingerprint density at radius 3 is 2.85 bits per heavy atom. The minimum atomic E-state index is 0.126. The van der Waals surface area contributed by atoms with Gasteiger partial charge in [0, 0.05) is 19.8 Å². The first-order valence-corrected chi connectivity index (χ1v) is 8.44. The van der Waals surface area contributed by atoms with Crippen molar-refractivity contribution in [1.82, 2.24) is 4.98 Å². The first-order chi connectivity index (χ1) is 9.63. The van der Waals surface area contributed by atoms with Gasteiger partial charge in [0.25, 0.3) is 0 Å². The van der Waals surface area contributed by atoms with Crippen LogP contribution in [0.4, 0.5) is 0 Å². The average molecular weight is 463 g/mol. The number of benzene rings is 2. The molecule has 1 unspecified atom stereocenters. The number of halogens is 3. The van der Waals surface area contributed by atoms with E-state index in [4.69, 9.17) is 16.0 Å². The molecule has 5 heteroatoms. The van der Waals surface area contributed by atoms with Gasteiger partial charge in [0.05, 0.1) is 0 Å². The number of oxazole rings is 1. The second-order valence-corrected chi connectivity index (χ2v) is 7.12. The third-order valence-electron chi connectivity index (χ3n) is 2.99. The van der Waals surface area contributed by atoms with Crippen molar-refractivity contribution in [3.05, 3.63) is 62.5 Å². The predicted molar refractivity (Wildman–Crippen MR) is 93.5 cm³/mol. The van der Waals surface area contributed by atoms with Crippen LogP contribution in [0.25, 0.3) is 11.1 Å². The summed E-state index contributed by atoms with van der Waals surface area (Å²) in [5.74, 6) is 0.726. The Morgan fingerprint density at radius 2 is 2.05 bits per heavy atom. The summed E-state index contributed by atoms with van der Waals surface area (Å²) >= 11 is 12.1. The number of rotatable bonds is 3. The molecule has 0 saturated heterocycles. The lowest BCUT2D eigenvalue weighted by atomic mass is 10.1. The maximum atomic E-state index is 6.06. The smallest absolute Gasteiger partial charge is 0.196 e. The third-order valence-corrected chi connectivity index (χ3v) is 5.02. The number of nitrogens with zero attached hydrogens (tertiary/aromatic N) is 1. The summed E-state index contributed by atoms with van der Waals surface area (Å²) < 4.78 is 6.93. The first kappa shape index (κ1) is 14.4. The molecule has 0 spiro atoms. The van der Waals surface area contributed by atoms with Crippen LogP contribution in [0.3, 0.4) is 0 Å². The van der Waals surface area contributed by atoms with Crippen LogP contribution in [-0.4, -0.2) is 4.98 Å². The molecule has 0 saturated carbocycles. The van der Waals surface area contributed by atoms with Crippen LogP contribution in [0.15, 0.2) is 46.9 Å². The Kier molecular flexibility index (Phi) is 4.33. The molecule has 0 amide bonds. The zero-order valence-electron chi connectivity index (χ0n) is 10.3. The van der Waals surface area contributed by atoms with Crippen molar-refractivity contribution in [3.63, 3.8) is 0 Å². The van der Waals surface area contributed by atoms with Gasteiger partial charge in [-0.15, -0.1) is 0 Å². The fraction of sp³-hybridized carbons (Fsp3) is 0.133. The molecule has 1 atom stereocenters. The highest BCUT2D eigenvalue weighted by atomic mass is 127.